The van der Waals surface area contributed by atoms with Gasteiger partial charge in [-0.15, -0.1) is 0 Å². The van der Waals surface area contributed by atoms with Crippen LogP contribution < -0.4 is 5.46 Å². The predicted octanol–water partition coefficient (Wildman–Crippen LogP) is 1.81. The quantitative estimate of drug-likeness (QED) is 0.831. The number of rotatable bonds is 2. The first-order valence-electron chi connectivity index (χ1n) is 5.66. The number of halogens is 1. The normalized spacial score (nSPS) is 18.7. The average Bonchev–Trinajstić information content (AvgIpc) is 2.28. The molecule has 4 nitrogen and oxygen atoms in total. The summed E-state index contributed by atoms with van der Waals surface area (Å²) >= 11 is 5.91. The Kier molecular flexibility index (Phi) is 3.66. The molecule has 1 aromatic carbocycles. The van der Waals surface area contributed by atoms with Crippen LogP contribution in [0, 0.1) is 5.41 Å². The highest BCUT2D eigenvalue weighted by atomic mass is 35.5. The number of hydrogen-bond donors (Lipinski definition) is 1. The van der Waals surface area contributed by atoms with Gasteiger partial charge >= 0.3 is 13.1 Å². The molecule has 0 bridgehead atoms. The molecule has 1 aromatic rings. The molecule has 2 rings (SSSR count). The second-order valence-corrected chi connectivity index (χ2v) is 5.53. The van der Waals surface area contributed by atoms with E-state index in [4.69, 9.17) is 20.9 Å². The molecule has 1 aliphatic rings. The van der Waals surface area contributed by atoms with Gasteiger partial charge in [-0.2, -0.15) is 0 Å². The number of carboxylic acid groups (broad SMARTS) is 1. The SMILES string of the molecule is CC1(C)COB(c2cccc(Cl)c2C(=O)O)OC1. The van der Waals surface area contributed by atoms with Crippen molar-refractivity contribution in [2.24, 2.45) is 5.41 Å². The van der Waals surface area contributed by atoms with Crippen LogP contribution in [0.3, 0.4) is 0 Å². The molecule has 18 heavy (non-hydrogen) atoms. The van der Waals surface area contributed by atoms with Gasteiger partial charge in [0.15, 0.2) is 0 Å². The van der Waals surface area contributed by atoms with E-state index in [1.54, 1.807) is 18.2 Å². The number of carbonyl (C=O) groups is 1. The number of benzene rings is 1. The van der Waals surface area contributed by atoms with Gasteiger partial charge in [0.1, 0.15) is 0 Å². The van der Waals surface area contributed by atoms with Crippen LogP contribution in [0.15, 0.2) is 18.2 Å². The van der Waals surface area contributed by atoms with Crippen molar-refractivity contribution in [1.29, 1.82) is 0 Å². The maximum atomic E-state index is 11.2. The van der Waals surface area contributed by atoms with Crippen LogP contribution in [0.25, 0.3) is 0 Å². The van der Waals surface area contributed by atoms with Gasteiger partial charge in [0.2, 0.25) is 0 Å². The van der Waals surface area contributed by atoms with Crippen molar-refractivity contribution < 1.29 is 19.2 Å². The van der Waals surface area contributed by atoms with Gasteiger partial charge in [-0.1, -0.05) is 37.6 Å². The number of carboxylic acids is 1. The smallest absolute Gasteiger partial charge is 0.478 e. The number of aromatic carboxylic acids is 1. The molecule has 1 saturated heterocycles. The summed E-state index contributed by atoms with van der Waals surface area (Å²) in [6.45, 7) is 5.09. The lowest BCUT2D eigenvalue weighted by Crippen LogP contribution is -2.49. The third-order valence-corrected chi connectivity index (χ3v) is 3.08. The highest BCUT2D eigenvalue weighted by Gasteiger charge is 2.36. The summed E-state index contributed by atoms with van der Waals surface area (Å²) in [6, 6.07) is 4.90. The van der Waals surface area contributed by atoms with Crippen LogP contribution in [-0.2, 0) is 9.31 Å². The molecule has 0 atom stereocenters. The van der Waals surface area contributed by atoms with Gasteiger partial charge in [-0.25, -0.2) is 4.79 Å². The molecule has 0 saturated carbocycles. The molecule has 6 heteroatoms. The Bertz CT molecular complexity index is 465. The topological polar surface area (TPSA) is 55.8 Å². The van der Waals surface area contributed by atoms with Crippen LogP contribution >= 0.6 is 11.6 Å². The lowest BCUT2D eigenvalue weighted by molar-refractivity contribution is 0.0341. The molecule has 0 aromatic heterocycles. The van der Waals surface area contributed by atoms with E-state index in [0.29, 0.717) is 18.7 Å². The fourth-order valence-electron chi connectivity index (χ4n) is 1.83. The van der Waals surface area contributed by atoms with Crippen molar-refractivity contribution >= 4 is 30.2 Å². The van der Waals surface area contributed by atoms with E-state index >= 15 is 0 Å². The van der Waals surface area contributed by atoms with Crippen molar-refractivity contribution in [3.05, 3.63) is 28.8 Å². The van der Waals surface area contributed by atoms with Gasteiger partial charge < -0.3 is 14.4 Å². The Balaban J connectivity index is 2.30. The van der Waals surface area contributed by atoms with Crippen LogP contribution in [-0.4, -0.2) is 31.4 Å². The molecule has 96 valence electrons. The lowest BCUT2D eigenvalue weighted by atomic mass is 9.73. The Morgan fingerprint density at radius 1 is 1.39 bits per heavy atom. The first-order valence-corrected chi connectivity index (χ1v) is 6.03. The summed E-state index contributed by atoms with van der Waals surface area (Å²) in [4.78, 5) is 11.2. The first kappa shape index (κ1) is 13.4. The highest BCUT2D eigenvalue weighted by Crippen LogP contribution is 2.23. The lowest BCUT2D eigenvalue weighted by Gasteiger charge is -2.33. The highest BCUT2D eigenvalue weighted by molar-refractivity contribution is 6.63. The standard InChI is InChI=1S/C12H14BClO4/c1-12(2)6-17-13(18-7-12)8-4-3-5-9(14)10(8)11(15)16/h3-5H,6-7H2,1-2H3,(H,15,16). The zero-order valence-corrected chi connectivity index (χ0v) is 11.0. The van der Waals surface area contributed by atoms with Crippen molar-refractivity contribution in [3.8, 4) is 0 Å². The Morgan fingerprint density at radius 3 is 2.56 bits per heavy atom. The van der Waals surface area contributed by atoms with E-state index in [2.05, 4.69) is 0 Å². The van der Waals surface area contributed by atoms with Crippen molar-refractivity contribution in [2.45, 2.75) is 13.8 Å². The molecule has 0 amide bonds. The van der Waals surface area contributed by atoms with Crippen LogP contribution in [0.5, 0.6) is 0 Å². The summed E-state index contributed by atoms with van der Waals surface area (Å²) in [7, 11) is -0.664. The van der Waals surface area contributed by atoms with Crippen molar-refractivity contribution in [1.82, 2.24) is 0 Å². The summed E-state index contributed by atoms with van der Waals surface area (Å²) in [5, 5.41) is 9.38. The van der Waals surface area contributed by atoms with Gasteiger partial charge in [-0.05, 0) is 11.5 Å². The average molecular weight is 269 g/mol. The Morgan fingerprint density at radius 2 is 2.00 bits per heavy atom. The van der Waals surface area contributed by atoms with Gasteiger partial charge in [-0.3, -0.25) is 0 Å². The molecule has 0 radical (unpaired) electrons. The summed E-state index contributed by atoms with van der Waals surface area (Å²) < 4.78 is 11.2. The van der Waals surface area contributed by atoms with Crippen LogP contribution in [0.2, 0.25) is 5.02 Å². The Hall–Kier alpha value is -1.04. The number of hydrogen-bond acceptors (Lipinski definition) is 3. The summed E-state index contributed by atoms with van der Waals surface area (Å²) in [6.07, 6.45) is 0. The molecular formula is C12H14BClO4. The molecule has 1 fully saturated rings. The second kappa shape index (κ2) is 4.92. The minimum atomic E-state index is -1.08. The third-order valence-electron chi connectivity index (χ3n) is 2.76. The monoisotopic (exact) mass is 268 g/mol. The van der Waals surface area contributed by atoms with E-state index in [0.717, 1.165) is 0 Å². The first-order chi connectivity index (χ1) is 8.41. The molecule has 0 unspecified atom stereocenters. The van der Waals surface area contributed by atoms with Crippen LogP contribution in [0.4, 0.5) is 0 Å². The molecular weight excluding hydrogens is 254 g/mol. The third kappa shape index (κ3) is 2.69. The van der Waals surface area contributed by atoms with E-state index < -0.39 is 13.1 Å². The van der Waals surface area contributed by atoms with Gasteiger partial charge in [0.25, 0.3) is 0 Å². The molecule has 0 spiro atoms. The van der Waals surface area contributed by atoms with Crippen LogP contribution in [0.1, 0.15) is 24.2 Å². The van der Waals surface area contributed by atoms with E-state index in [1.807, 2.05) is 13.8 Å². The molecule has 1 N–H and O–H groups in total. The fraction of sp³-hybridized carbons (Fsp3) is 0.417. The zero-order chi connectivity index (χ0) is 13.3. The zero-order valence-electron chi connectivity index (χ0n) is 10.3. The maximum Gasteiger partial charge on any atom is 0.494 e. The Labute approximate surface area is 111 Å². The van der Waals surface area contributed by atoms with Crippen molar-refractivity contribution in [2.75, 3.05) is 13.2 Å². The van der Waals surface area contributed by atoms with Gasteiger partial charge in [0.05, 0.1) is 10.6 Å². The maximum absolute atomic E-state index is 11.2. The van der Waals surface area contributed by atoms with E-state index in [1.165, 1.54) is 0 Å². The summed E-state index contributed by atoms with van der Waals surface area (Å²) in [5.41, 5.74) is 0.452. The largest absolute Gasteiger partial charge is 0.494 e. The van der Waals surface area contributed by atoms with E-state index in [-0.39, 0.29) is 16.0 Å². The molecule has 0 aliphatic carbocycles. The molecule has 1 heterocycles. The van der Waals surface area contributed by atoms with Crippen molar-refractivity contribution in [3.63, 3.8) is 0 Å². The second-order valence-electron chi connectivity index (χ2n) is 5.13. The van der Waals surface area contributed by atoms with E-state index in [9.17, 15) is 9.90 Å². The summed E-state index contributed by atoms with van der Waals surface area (Å²) in [5.74, 6) is -1.08. The predicted molar refractivity (Wildman–Crippen MR) is 69.5 cm³/mol. The molecule has 1 aliphatic heterocycles. The minimum absolute atomic E-state index is 0.0453. The van der Waals surface area contributed by atoms with Gasteiger partial charge in [0, 0.05) is 18.6 Å². The minimum Gasteiger partial charge on any atom is -0.478 e. The fourth-order valence-corrected chi connectivity index (χ4v) is 2.10.